The van der Waals surface area contributed by atoms with E-state index in [4.69, 9.17) is 4.74 Å². The lowest BCUT2D eigenvalue weighted by Crippen LogP contribution is -2.33. The van der Waals surface area contributed by atoms with Crippen molar-refractivity contribution < 1.29 is 14.3 Å². The number of hydrogen-bond donors (Lipinski definition) is 1. The van der Waals surface area contributed by atoms with E-state index >= 15 is 0 Å². The maximum atomic E-state index is 12.1. The first-order chi connectivity index (χ1) is 10.0. The quantitative estimate of drug-likeness (QED) is 0.746. The van der Waals surface area contributed by atoms with Gasteiger partial charge in [-0.05, 0) is 50.2 Å². The molecule has 1 aromatic rings. The van der Waals surface area contributed by atoms with E-state index in [-0.39, 0.29) is 12.5 Å². The second-order valence-electron chi connectivity index (χ2n) is 4.92. The number of amides is 1. The molecule has 0 unspecified atom stereocenters. The highest BCUT2D eigenvalue weighted by atomic mass is 16.5. The predicted octanol–water partition coefficient (Wildman–Crippen LogP) is 2.16. The van der Waals surface area contributed by atoms with E-state index in [1.807, 2.05) is 39.8 Å². The van der Waals surface area contributed by atoms with Crippen LogP contribution >= 0.6 is 0 Å². The molecule has 0 saturated carbocycles. The van der Waals surface area contributed by atoms with Crippen LogP contribution in [0.3, 0.4) is 0 Å². The third-order valence-electron chi connectivity index (χ3n) is 3.35. The van der Waals surface area contributed by atoms with E-state index in [2.05, 4.69) is 10.2 Å². The molecule has 116 valence electrons. The van der Waals surface area contributed by atoms with Gasteiger partial charge in [-0.3, -0.25) is 14.5 Å². The number of aldehydes is 1. The van der Waals surface area contributed by atoms with Gasteiger partial charge in [0.25, 0.3) is 0 Å². The van der Waals surface area contributed by atoms with Gasteiger partial charge in [-0.25, -0.2) is 0 Å². The molecule has 0 aliphatic rings. The van der Waals surface area contributed by atoms with Crippen LogP contribution < -0.4 is 10.1 Å². The summed E-state index contributed by atoms with van der Waals surface area (Å²) in [7, 11) is 0. The zero-order valence-electron chi connectivity index (χ0n) is 13.2. The van der Waals surface area contributed by atoms with Crippen molar-refractivity contribution in [3.05, 3.63) is 23.3 Å². The highest BCUT2D eigenvalue weighted by molar-refractivity contribution is 5.93. The molecule has 5 nitrogen and oxygen atoms in total. The van der Waals surface area contributed by atoms with Crippen molar-refractivity contribution >= 4 is 17.9 Å². The van der Waals surface area contributed by atoms with Crippen LogP contribution in [0.2, 0.25) is 0 Å². The first-order valence-electron chi connectivity index (χ1n) is 7.21. The number of anilines is 1. The Bertz CT molecular complexity index is 473. The molecule has 0 atom stereocenters. The van der Waals surface area contributed by atoms with Crippen molar-refractivity contribution in [3.63, 3.8) is 0 Å². The summed E-state index contributed by atoms with van der Waals surface area (Å²) in [6, 6.07) is 3.65. The minimum Gasteiger partial charge on any atom is -0.486 e. The highest BCUT2D eigenvalue weighted by Gasteiger charge is 2.12. The highest BCUT2D eigenvalue weighted by Crippen LogP contribution is 2.26. The molecule has 0 bridgehead atoms. The molecular formula is C16H24N2O3. The third-order valence-corrected chi connectivity index (χ3v) is 3.35. The first-order valence-corrected chi connectivity index (χ1v) is 7.21. The number of aryl methyl sites for hydroxylation is 2. The minimum atomic E-state index is -0.0218. The summed E-state index contributed by atoms with van der Waals surface area (Å²) < 4.78 is 5.29. The Morgan fingerprint density at radius 1 is 1.24 bits per heavy atom. The van der Waals surface area contributed by atoms with Crippen molar-refractivity contribution in [2.45, 2.75) is 27.7 Å². The van der Waals surface area contributed by atoms with Crippen LogP contribution in [-0.4, -0.2) is 43.3 Å². The summed E-state index contributed by atoms with van der Waals surface area (Å²) in [5.74, 6) is 0.616. The number of rotatable bonds is 8. The first kappa shape index (κ1) is 17.2. The second kappa shape index (κ2) is 8.42. The van der Waals surface area contributed by atoms with Gasteiger partial charge in [0.1, 0.15) is 12.4 Å². The molecule has 0 aromatic heterocycles. The molecular weight excluding hydrogens is 268 g/mol. The fraction of sp³-hybridized carbons (Fsp3) is 0.500. The molecule has 0 spiro atoms. The molecule has 0 aliphatic heterocycles. The molecule has 21 heavy (non-hydrogen) atoms. The Labute approximate surface area is 126 Å². The van der Waals surface area contributed by atoms with Crippen LogP contribution in [0.4, 0.5) is 5.69 Å². The van der Waals surface area contributed by atoms with Crippen LogP contribution in [0.25, 0.3) is 0 Å². The number of likely N-dealkylation sites (N-methyl/N-ethyl adjacent to an activating group) is 1. The Morgan fingerprint density at radius 2 is 1.81 bits per heavy atom. The lowest BCUT2D eigenvalue weighted by molar-refractivity contribution is -0.117. The van der Waals surface area contributed by atoms with Gasteiger partial charge < -0.3 is 10.1 Å². The number of benzene rings is 1. The van der Waals surface area contributed by atoms with Crippen LogP contribution in [0.1, 0.15) is 25.0 Å². The number of nitrogens with zero attached hydrogens (tertiary/aromatic N) is 1. The molecule has 1 aromatic carbocycles. The lowest BCUT2D eigenvalue weighted by atomic mass is 10.1. The smallest absolute Gasteiger partial charge is 0.238 e. The largest absolute Gasteiger partial charge is 0.486 e. The van der Waals surface area contributed by atoms with E-state index < -0.39 is 0 Å². The SMILES string of the molecule is CCN(CC)CC(=O)Nc1c(C)cc(OCC=O)cc1C. The molecule has 0 saturated heterocycles. The number of nitrogens with one attached hydrogen (secondary N) is 1. The Balaban J connectivity index is 2.79. The van der Waals surface area contributed by atoms with Gasteiger partial charge in [0.2, 0.25) is 5.91 Å². The van der Waals surface area contributed by atoms with E-state index in [0.29, 0.717) is 18.6 Å². The maximum absolute atomic E-state index is 12.1. The van der Waals surface area contributed by atoms with Crippen LogP contribution in [0.5, 0.6) is 5.75 Å². The molecule has 0 aliphatic carbocycles. The number of carbonyl (C=O) groups is 2. The molecule has 0 radical (unpaired) electrons. The summed E-state index contributed by atoms with van der Waals surface area (Å²) in [6.07, 6.45) is 0.713. The molecule has 1 rings (SSSR count). The van der Waals surface area contributed by atoms with E-state index in [9.17, 15) is 9.59 Å². The fourth-order valence-electron chi connectivity index (χ4n) is 2.16. The molecule has 1 N–H and O–H groups in total. The average molecular weight is 292 g/mol. The molecule has 0 heterocycles. The third kappa shape index (κ3) is 5.19. The Kier molecular flexibility index (Phi) is 6.88. The van der Waals surface area contributed by atoms with Gasteiger partial charge in [-0.1, -0.05) is 13.8 Å². The number of carbonyl (C=O) groups excluding carboxylic acids is 2. The normalized spacial score (nSPS) is 10.5. The molecule has 1 amide bonds. The summed E-state index contributed by atoms with van der Waals surface area (Å²) in [5, 5.41) is 2.96. The van der Waals surface area contributed by atoms with Crippen molar-refractivity contribution in [1.29, 1.82) is 0 Å². The Hall–Kier alpha value is -1.88. The Morgan fingerprint density at radius 3 is 2.29 bits per heavy atom. The molecule has 0 fully saturated rings. The predicted molar refractivity (Wildman–Crippen MR) is 83.9 cm³/mol. The van der Waals surface area contributed by atoms with Gasteiger partial charge in [-0.15, -0.1) is 0 Å². The van der Waals surface area contributed by atoms with Gasteiger partial charge >= 0.3 is 0 Å². The topological polar surface area (TPSA) is 58.6 Å². The van der Waals surface area contributed by atoms with Gasteiger partial charge in [0.05, 0.1) is 6.54 Å². The van der Waals surface area contributed by atoms with Crippen LogP contribution in [-0.2, 0) is 9.59 Å². The summed E-state index contributed by atoms with van der Waals surface area (Å²) in [5.41, 5.74) is 2.65. The lowest BCUT2D eigenvalue weighted by Gasteiger charge is -2.19. The summed E-state index contributed by atoms with van der Waals surface area (Å²) in [4.78, 5) is 24.5. The number of hydrogen-bond acceptors (Lipinski definition) is 4. The summed E-state index contributed by atoms with van der Waals surface area (Å²) >= 11 is 0. The van der Waals surface area contributed by atoms with Crippen LogP contribution in [0.15, 0.2) is 12.1 Å². The van der Waals surface area contributed by atoms with Crippen molar-refractivity contribution in [1.82, 2.24) is 4.90 Å². The number of ether oxygens (including phenoxy) is 1. The zero-order chi connectivity index (χ0) is 15.8. The second-order valence-corrected chi connectivity index (χ2v) is 4.92. The maximum Gasteiger partial charge on any atom is 0.238 e. The van der Waals surface area contributed by atoms with Gasteiger partial charge in [-0.2, -0.15) is 0 Å². The van der Waals surface area contributed by atoms with Crippen LogP contribution in [0, 0.1) is 13.8 Å². The minimum absolute atomic E-state index is 0.0218. The molecule has 5 heteroatoms. The van der Waals surface area contributed by atoms with E-state index in [1.54, 1.807) is 0 Å². The monoisotopic (exact) mass is 292 g/mol. The van der Waals surface area contributed by atoms with Crippen molar-refractivity contribution in [2.75, 3.05) is 31.6 Å². The van der Waals surface area contributed by atoms with E-state index in [0.717, 1.165) is 29.9 Å². The summed E-state index contributed by atoms with van der Waals surface area (Å²) in [6.45, 7) is 10.0. The zero-order valence-corrected chi connectivity index (χ0v) is 13.2. The standard InChI is InChI=1S/C16H24N2O3/c1-5-18(6-2)11-15(20)17-16-12(3)9-14(10-13(16)4)21-8-7-19/h7,9-10H,5-6,8,11H2,1-4H3,(H,17,20). The van der Waals surface area contributed by atoms with Gasteiger partial charge in [0, 0.05) is 5.69 Å². The van der Waals surface area contributed by atoms with Crippen molar-refractivity contribution in [3.8, 4) is 5.75 Å². The average Bonchev–Trinajstić information content (AvgIpc) is 2.46. The van der Waals surface area contributed by atoms with Crippen molar-refractivity contribution in [2.24, 2.45) is 0 Å². The van der Waals surface area contributed by atoms with E-state index in [1.165, 1.54) is 0 Å². The fourth-order valence-corrected chi connectivity index (χ4v) is 2.16. The van der Waals surface area contributed by atoms with Gasteiger partial charge in [0.15, 0.2) is 6.29 Å².